The number of aromatic nitrogens is 3. The highest BCUT2D eigenvalue weighted by atomic mass is 15.1. The van der Waals surface area contributed by atoms with Crippen LogP contribution >= 0.6 is 0 Å². The van der Waals surface area contributed by atoms with Crippen molar-refractivity contribution in [3.63, 3.8) is 0 Å². The van der Waals surface area contributed by atoms with Crippen LogP contribution in [-0.4, -0.2) is 14.5 Å². The van der Waals surface area contributed by atoms with E-state index in [0.29, 0.717) is 0 Å². The van der Waals surface area contributed by atoms with Crippen LogP contribution in [0.2, 0.25) is 0 Å². The second kappa shape index (κ2) is 2.42. The van der Waals surface area contributed by atoms with Gasteiger partial charge in [0, 0.05) is 36.9 Å². The summed E-state index contributed by atoms with van der Waals surface area (Å²) in [6.45, 7) is 1.03. The molecule has 0 spiro atoms. The van der Waals surface area contributed by atoms with Crippen LogP contribution in [0.3, 0.4) is 0 Å². The number of fused-ring (bicyclic) bond motifs is 3. The van der Waals surface area contributed by atoms with Crippen molar-refractivity contribution >= 4 is 0 Å². The van der Waals surface area contributed by atoms with Crippen LogP contribution in [0.15, 0.2) is 30.9 Å². The van der Waals surface area contributed by atoms with Gasteiger partial charge in [0.1, 0.15) is 5.82 Å². The van der Waals surface area contributed by atoms with Gasteiger partial charge in [-0.1, -0.05) is 0 Å². The van der Waals surface area contributed by atoms with Gasteiger partial charge in [0.15, 0.2) is 0 Å². The number of rotatable bonds is 0. The summed E-state index contributed by atoms with van der Waals surface area (Å²) in [4.78, 5) is 8.44. The molecule has 0 unspecified atom stereocenters. The van der Waals surface area contributed by atoms with Gasteiger partial charge in [-0.2, -0.15) is 0 Å². The summed E-state index contributed by atoms with van der Waals surface area (Å²) < 4.78 is 2.17. The van der Waals surface area contributed by atoms with Gasteiger partial charge < -0.3 is 4.57 Å². The molecule has 13 heavy (non-hydrogen) atoms. The van der Waals surface area contributed by atoms with Crippen LogP contribution in [0.5, 0.6) is 0 Å². The summed E-state index contributed by atoms with van der Waals surface area (Å²) in [6, 6.07) is 2.08. The lowest BCUT2D eigenvalue weighted by atomic mass is 10.0. The van der Waals surface area contributed by atoms with Gasteiger partial charge in [-0.3, -0.25) is 4.98 Å². The zero-order valence-corrected chi connectivity index (χ0v) is 7.14. The fraction of sp³-hybridized carbons (Fsp3) is 0.200. The number of hydrogen-bond donors (Lipinski definition) is 0. The normalized spacial score (nSPS) is 13.5. The van der Waals surface area contributed by atoms with E-state index in [2.05, 4.69) is 20.6 Å². The minimum Gasteiger partial charge on any atom is -0.331 e. The minimum atomic E-state index is 1.03. The van der Waals surface area contributed by atoms with Crippen molar-refractivity contribution in [2.24, 2.45) is 0 Å². The molecule has 1 aliphatic heterocycles. The zero-order chi connectivity index (χ0) is 8.67. The Labute approximate surface area is 76.1 Å². The Hall–Kier alpha value is -1.64. The highest BCUT2D eigenvalue weighted by molar-refractivity contribution is 5.60. The number of hydrogen-bond acceptors (Lipinski definition) is 2. The van der Waals surface area contributed by atoms with Crippen molar-refractivity contribution in [3.05, 3.63) is 36.4 Å². The molecule has 3 nitrogen and oxygen atoms in total. The fourth-order valence-corrected chi connectivity index (χ4v) is 1.82. The van der Waals surface area contributed by atoms with Gasteiger partial charge in [0.05, 0.1) is 0 Å². The molecule has 2 aromatic rings. The Morgan fingerprint density at radius 3 is 3.31 bits per heavy atom. The van der Waals surface area contributed by atoms with Crippen LogP contribution in [-0.2, 0) is 13.0 Å². The highest BCUT2D eigenvalue weighted by Gasteiger charge is 2.15. The van der Waals surface area contributed by atoms with E-state index in [1.54, 1.807) is 0 Å². The average Bonchev–Trinajstić information content (AvgIpc) is 2.65. The van der Waals surface area contributed by atoms with E-state index >= 15 is 0 Å². The van der Waals surface area contributed by atoms with Crippen molar-refractivity contribution in [1.29, 1.82) is 0 Å². The topological polar surface area (TPSA) is 30.7 Å². The number of pyridine rings is 1. The molecule has 0 amide bonds. The maximum atomic E-state index is 4.32. The minimum absolute atomic E-state index is 1.03. The monoisotopic (exact) mass is 171 g/mol. The van der Waals surface area contributed by atoms with Gasteiger partial charge in [-0.05, 0) is 18.1 Å². The Kier molecular flexibility index (Phi) is 1.27. The molecule has 2 aromatic heterocycles. The first-order chi connectivity index (χ1) is 6.45. The second-order valence-electron chi connectivity index (χ2n) is 3.23. The molecule has 0 saturated heterocycles. The summed E-state index contributed by atoms with van der Waals surface area (Å²) in [7, 11) is 0. The third kappa shape index (κ3) is 0.900. The molecule has 0 atom stereocenters. The molecule has 1 aliphatic rings. The predicted molar refractivity (Wildman–Crippen MR) is 49.2 cm³/mol. The second-order valence-corrected chi connectivity index (χ2v) is 3.23. The summed E-state index contributed by atoms with van der Waals surface area (Å²) >= 11 is 0. The van der Waals surface area contributed by atoms with Gasteiger partial charge in [0.25, 0.3) is 0 Å². The van der Waals surface area contributed by atoms with Gasteiger partial charge in [-0.15, -0.1) is 0 Å². The lowest BCUT2D eigenvalue weighted by Crippen LogP contribution is -2.10. The van der Waals surface area contributed by atoms with Crippen LogP contribution in [0, 0.1) is 0 Å². The predicted octanol–water partition coefficient (Wildman–Crippen LogP) is 1.50. The standard InChI is InChI=1S/C10H9N3/c1-3-11-7-9-8(1)2-5-13-6-4-12-10(9)13/h1,3-4,6-7H,2,5H2. The first kappa shape index (κ1) is 6.83. The molecule has 3 heteroatoms. The molecular formula is C10H9N3. The van der Waals surface area contributed by atoms with E-state index in [1.165, 1.54) is 11.1 Å². The van der Waals surface area contributed by atoms with Crippen LogP contribution in [0.25, 0.3) is 11.4 Å². The maximum absolute atomic E-state index is 4.32. The number of nitrogens with zero attached hydrogens (tertiary/aromatic N) is 3. The molecule has 0 bridgehead atoms. The quantitative estimate of drug-likeness (QED) is 0.601. The summed E-state index contributed by atoms with van der Waals surface area (Å²) in [6.07, 6.45) is 8.69. The lowest BCUT2D eigenvalue weighted by molar-refractivity contribution is 0.682. The summed E-state index contributed by atoms with van der Waals surface area (Å²) in [5.41, 5.74) is 2.53. The molecule has 0 radical (unpaired) electrons. The Balaban J connectivity index is 2.30. The first-order valence-corrected chi connectivity index (χ1v) is 4.39. The van der Waals surface area contributed by atoms with Crippen molar-refractivity contribution in [2.45, 2.75) is 13.0 Å². The van der Waals surface area contributed by atoms with Gasteiger partial charge in [0.2, 0.25) is 0 Å². The summed E-state index contributed by atoms with van der Waals surface area (Å²) in [5, 5.41) is 0. The van der Waals surface area contributed by atoms with Crippen LogP contribution < -0.4 is 0 Å². The molecule has 0 aromatic carbocycles. The third-order valence-electron chi connectivity index (χ3n) is 2.49. The zero-order valence-electron chi connectivity index (χ0n) is 7.14. The molecule has 0 aliphatic carbocycles. The van der Waals surface area contributed by atoms with Crippen molar-refractivity contribution in [3.8, 4) is 11.4 Å². The number of aryl methyl sites for hydroxylation is 2. The Morgan fingerprint density at radius 1 is 1.31 bits per heavy atom. The molecule has 0 saturated carbocycles. The van der Waals surface area contributed by atoms with Crippen LogP contribution in [0.4, 0.5) is 0 Å². The molecule has 3 rings (SSSR count). The Bertz CT molecular complexity index is 445. The van der Waals surface area contributed by atoms with Gasteiger partial charge >= 0.3 is 0 Å². The summed E-state index contributed by atoms with van der Waals surface area (Å²) in [5.74, 6) is 1.05. The number of imidazole rings is 1. The van der Waals surface area contributed by atoms with E-state index in [1.807, 2.05) is 24.8 Å². The van der Waals surface area contributed by atoms with E-state index in [9.17, 15) is 0 Å². The largest absolute Gasteiger partial charge is 0.331 e. The average molecular weight is 171 g/mol. The van der Waals surface area contributed by atoms with Gasteiger partial charge in [-0.25, -0.2) is 4.98 Å². The van der Waals surface area contributed by atoms with E-state index in [0.717, 1.165) is 18.8 Å². The molecule has 0 N–H and O–H groups in total. The highest BCUT2D eigenvalue weighted by Crippen LogP contribution is 2.26. The smallest absolute Gasteiger partial charge is 0.141 e. The Morgan fingerprint density at radius 2 is 2.31 bits per heavy atom. The van der Waals surface area contributed by atoms with E-state index in [-0.39, 0.29) is 0 Å². The SMILES string of the molecule is c1cc2c(cn1)-c1nccn1CC2. The van der Waals surface area contributed by atoms with E-state index in [4.69, 9.17) is 0 Å². The molecular weight excluding hydrogens is 162 g/mol. The van der Waals surface area contributed by atoms with Crippen LogP contribution in [0.1, 0.15) is 5.56 Å². The first-order valence-electron chi connectivity index (χ1n) is 4.39. The molecule has 64 valence electrons. The fourth-order valence-electron chi connectivity index (χ4n) is 1.82. The van der Waals surface area contributed by atoms with Crippen molar-refractivity contribution in [1.82, 2.24) is 14.5 Å². The third-order valence-corrected chi connectivity index (χ3v) is 2.49. The lowest BCUT2D eigenvalue weighted by Gasteiger charge is -2.16. The molecule has 0 fully saturated rings. The van der Waals surface area contributed by atoms with Crippen molar-refractivity contribution in [2.75, 3.05) is 0 Å². The molecule has 3 heterocycles. The van der Waals surface area contributed by atoms with Crippen molar-refractivity contribution < 1.29 is 0 Å². The maximum Gasteiger partial charge on any atom is 0.141 e. The van der Waals surface area contributed by atoms with E-state index < -0.39 is 0 Å².